The molecule has 0 spiro atoms. The Bertz CT molecular complexity index is 1400. The third kappa shape index (κ3) is 6.85. The van der Waals surface area contributed by atoms with E-state index in [2.05, 4.69) is 59.3 Å². The summed E-state index contributed by atoms with van der Waals surface area (Å²) >= 11 is 3.27. The topological polar surface area (TPSA) is 116 Å². The van der Waals surface area contributed by atoms with Crippen LogP contribution in [-0.4, -0.2) is 32.6 Å². The average molecular weight is 592 g/mol. The smallest absolute Gasteiger partial charge is 0.307 e. The summed E-state index contributed by atoms with van der Waals surface area (Å²) < 4.78 is 14.5. The van der Waals surface area contributed by atoms with Crippen LogP contribution in [0.3, 0.4) is 0 Å². The number of carbonyl (C=O) groups excluding carboxylic acids is 2. The van der Waals surface area contributed by atoms with E-state index in [1.807, 2.05) is 12.1 Å². The van der Waals surface area contributed by atoms with Gasteiger partial charge in [-0.25, -0.2) is 9.18 Å². The van der Waals surface area contributed by atoms with Crippen molar-refractivity contribution in [2.24, 2.45) is 0 Å². The number of tetrazole rings is 1. The van der Waals surface area contributed by atoms with Gasteiger partial charge in [-0.3, -0.25) is 15.0 Å². The van der Waals surface area contributed by atoms with Crippen molar-refractivity contribution in [3.8, 4) is 0 Å². The van der Waals surface area contributed by atoms with Crippen molar-refractivity contribution in [3.05, 3.63) is 93.7 Å². The molecule has 0 unspecified atom stereocenters. The molecule has 0 saturated heterocycles. The molecule has 4 aromatic rings. The Hall–Kier alpha value is -4.12. The van der Waals surface area contributed by atoms with Crippen LogP contribution < -0.4 is 15.5 Å². The molecule has 200 valence electrons. The lowest BCUT2D eigenvalue weighted by atomic mass is 9.84. The monoisotopic (exact) mass is 591 g/mol. The Morgan fingerprint density at radius 1 is 0.974 bits per heavy atom. The van der Waals surface area contributed by atoms with Gasteiger partial charge in [-0.15, -0.1) is 5.10 Å². The first-order valence-electron chi connectivity index (χ1n) is 12.7. The molecule has 11 heteroatoms. The largest absolute Gasteiger partial charge is 0.326 e. The first-order chi connectivity index (χ1) is 18.9. The summed E-state index contributed by atoms with van der Waals surface area (Å²) in [5, 5.41) is 18.5. The number of amides is 3. The van der Waals surface area contributed by atoms with E-state index < -0.39 is 11.8 Å². The molecule has 0 bridgehead atoms. The molecule has 1 fully saturated rings. The molecule has 1 saturated carbocycles. The van der Waals surface area contributed by atoms with Crippen LogP contribution in [0, 0.1) is 5.82 Å². The van der Waals surface area contributed by atoms with Gasteiger partial charge in [-0.2, -0.15) is 5.21 Å². The fourth-order valence-corrected chi connectivity index (χ4v) is 5.26. The normalized spacial score (nSPS) is 13.6. The first kappa shape index (κ1) is 26.5. The summed E-state index contributed by atoms with van der Waals surface area (Å²) in [4.78, 5) is 27.5. The minimum atomic E-state index is -0.460. The number of rotatable bonds is 7. The molecule has 9 nitrogen and oxygen atoms in total. The molecular formula is C28H27BrFN7O2. The molecule has 0 radical (unpaired) electrons. The Morgan fingerprint density at radius 3 is 2.38 bits per heavy atom. The van der Waals surface area contributed by atoms with Crippen molar-refractivity contribution < 1.29 is 14.0 Å². The number of H-pyrrole nitrogens is 1. The number of urea groups is 1. The molecule has 3 amide bonds. The highest BCUT2D eigenvalue weighted by Gasteiger charge is 2.20. The van der Waals surface area contributed by atoms with Crippen LogP contribution in [0.5, 0.6) is 0 Å². The van der Waals surface area contributed by atoms with E-state index in [4.69, 9.17) is 0 Å². The third-order valence-electron chi connectivity index (χ3n) is 6.77. The summed E-state index contributed by atoms with van der Waals surface area (Å²) in [5.74, 6) is -0.219. The van der Waals surface area contributed by atoms with Gasteiger partial charge in [0.15, 0.2) is 0 Å². The number of nitrogens with one attached hydrogen (secondary N) is 3. The van der Waals surface area contributed by atoms with E-state index in [1.54, 1.807) is 35.2 Å². The number of aromatic amines is 1. The first-order valence-corrected chi connectivity index (χ1v) is 13.5. The van der Waals surface area contributed by atoms with Crippen LogP contribution in [0.2, 0.25) is 0 Å². The average Bonchev–Trinajstić information content (AvgIpc) is 3.45. The minimum Gasteiger partial charge on any atom is -0.307 e. The zero-order valence-electron chi connectivity index (χ0n) is 21.0. The molecule has 1 heterocycles. The SMILES string of the molecule is O=C(Nc1nn[nH]n1)c1ccc(CN(C(=O)Nc2cc(F)cc(Br)c2)c2ccc(C3CCCCC3)cc2)cc1. The standard InChI is InChI=1S/C28H27BrFN7O2/c29-22-14-23(30)16-24(15-22)31-28(39)37(25-12-10-20(11-13-25)19-4-2-1-3-5-19)17-18-6-8-21(9-7-18)26(38)32-27-33-35-36-34-27/h6-16,19H,1-5,17H2,(H,31,39)(H2,32,33,34,35,36,38). The van der Waals surface area contributed by atoms with Gasteiger partial charge < -0.3 is 5.32 Å². The molecular weight excluding hydrogens is 565 g/mol. The van der Waals surface area contributed by atoms with Gasteiger partial charge in [-0.05, 0) is 77.6 Å². The Labute approximate surface area is 233 Å². The number of nitrogens with zero attached hydrogens (tertiary/aromatic N) is 4. The maximum Gasteiger partial charge on any atom is 0.326 e. The fourth-order valence-electron chi connectivity index (χ4n) is 4.79. The Kier molecular flexibility index (Phi) is 8.26. The van der Waals surface area contributed by atoms with E-state index in [1.165, 1.54) is 49.8 Å². The van der Waals surface area contributed by atoms with Crippen molar-refractivity contribution >= 4 is 45.2 Å². The number of halogens is 2. The van der Waals surface area contributed by atoms with E-state index >= 15 is 0 Å². The number of hydrogen-bond acceptors (Lipinski definition) is 5. The van der Waals surface area contributed by atoms with Crippen LogP contribution in [0.1, 0.15) is 59.5 Å². The molecule has 0 aliphatic heterocycles. The highest BCUT2D eigenvalue weighted by molar-refractivity contribution is 9.10. The molecule has 1 aliphatic carbocycles. The fraction of sp³-hybridized carbons (Fsp3) is 0.250. The van der Waals surface area contributed by atoms with Gasteiger partial charge in [0.05, 0.1) is 6.54 Å². The van der Waals surface area contributed by atoms with Crippen LogP contribution in [0.25, 0.3) is 0 Å². The van der Waals surface area contributed by atoms with Crippen LogP contribution in [-0.2, 0) is 6.54 Å². The van der Waals surface area contributed by atoms with Gasteiger partial charge in [0.25, 0.3) is 11.9 Å². The second-order valence-electron chi connectivity index (χ2n) is 9.49. The summed E-state index contributed by atoms with van der Waals surface area (Å²) in [7, 11) is 0. The van der Waals surface area contributed by atoms with Crippen molar-refractivity contribution in [3.63, 3.8) is 0 Å². The summed E-state index contributed by atoms with van der Waals surface area (Å²) in [6, 6.07) is 18.8. The van der Waals surface area contributed by atoms with Gasteiger partial charge >= 0.3 is 6.03 Å². The lowest BCUT2D eigenvalue weighted by Gasteiger charge is -2.26. The predicted octanol–water partition coefficient (Wildman–Crippen LogP) is 6.64. The molecule has 1 aliphatic rings. The highest BCUT2D eigenvalue weighted by Crippen LogP contribution is 2.33. The molecule has 1 aromatic heterocycles. The Balaban J connectivity index is 1.36. The number of carbonyl (C=O) groups is 2. The lowest BCUT2D eigenvalue weighted by molar-refractivity contribution is 0.102. The third-order valence-corrected chi connectivity index (χ3v) is 7.23. The van der Waals surface area contributed by atoms with E-state index in [-0.39, 0.29) is 18.4 Å². The lowest BCUT2D eigenvalue weighted by Crippen LogP contribution is -2.34. The van der Waals surface area contributed by atoms with Crippen LogP contribution >= 0.6 is 15.9 Å². The summed E-state index contributed by atoms with van der Waals surface area (Å²) in [6.07, 6.45) is 6.14. The van der Waals surface area contributed by atoms with E-state index in [0.29, 0.717) is 27.3 Å². The zero-order chi connectivity index (χ0) is 27.2. The quantitative estimate of drug-likeness (QED) is 0.223. The van der Waals surface area contributed by atoms with E-state index in [9.17, 15) is 14.0 Å². The van der Waals surface area contributed by atoms with Gasteiger partial charge in [0.1, 0.15) is 5.82 Å². The molecule has 39 heavy (non-hydrogen) atoms. The molecule has 3 N–H and O–H groups in total. The predicted molar refractivity (Wildman–Crippen MR) is 150 cm³/mol. The molecule has 3 aromatic carbocycles. The maximum absolute atomic E-state index is 14.0. The van der Waals surface area contributed by atoms with Gasteiger partial charge in [0.2, 0.25) is 0 Å². The zero-order valence-corrected chi connectivity index (χ0v) is 22.6. The number of aromatic nitrogens is 4. The maximum atomic E-state index is 14.0. The van der Waals surface area contributed by atoms with Crippen molar-refractivity contribution in [2.45, 2.75) is 44.6 Å². The van der Waals surface area contributed by atoms with Gasteiger partial charge in [0, 0.05) is 21.4 Å². The van der Waals surface area contributed by atoms with Crippen molar-refractivity contribution in [1.29, 1.82) is 0 Å². The summed E-state index contributed by atoms with van der Waals surface area (Å²) in [5.41, 5.74) is 3.54. The van der Waals surface area contributed by atoms with Crippen molar-refractivity contribution in [2.75, 3.05) is 15.5 Å². The summed E-state index contributed by atoms with van der Waals surface area (Å²) in [6.45, 7) is 0.234. The van der Waals surface area contributed by atoms with Crippen LogP contribution in [0.15, 0.2) is 71.2 Å². The number of anilines is 3. The second-order valence-corrected chi connectivity index (χ2v) is 10.4. The second kappa shape index (κ2) is 12.2. The highest BCUT2D eigenvalue weighted by atomic mass is 79.9. The van der Waals surface area contributed by atoms with Crippen LogP contribution in [0.4, 0.5) is 26.5 Å². The van der Waals surface area contributed by atoms with Gasteiger partial charge in [-0.1, -0.05) is 64.6 Å². The minimum absolute atomic E-state index is 0.0765. The molecule has 0 atom stereocenters. The Morgan fingerprint density at radius 2 is 1.72 bits per heavy atom. The molecule has 5 rings (SSSR count). The number of hydrogen-bond donors (Lipinski definition) is 3. The van der Waals surface area contributed by atoms with Crippen molar-refractivity contribution in [1.82, 2.24) is 20.6 Å². The number of benzene rings is 3. The van der Waals surface area contributed by atoms with E-state index in [0.717, 1.165) is 5.56 Å².